The number of aliphatic carboxylic acids is 2. The van der Waals surface area contributed by atoms with E-state index in [1.54, 1.807) is 0 Å². The lowest BCUT2D eigenvalue weighted by Gasteiger charge is -2.23. The Bertz CT molecular complexity index is 212. The van der Waals surface area contributed by atoms with E-state index in [1.165, 1.54) is 6.92 Å². The van der Waals surface area contributed by atoms with Gasteiger partial charge in [-0.3, -0.25) is 14.4 Å². The molecule has 0 aromatic heterocycles. The number of hydrogen-bond acceptors (Lipinski definition) is 5. The lowest BCUT2D eigenvalue weighted by molar-refractivity contribution is -0.155. The zero-order valence-corrected chi connectivity index (χ0v) is 7.54. The maximum Gasteiger partial charge on any atom is 0.317 e. The highest BCUT2D eigenvalue weighted by molar-refractivity contribution is 5.72. The van der Waals surface area contributed by atoms with Gasteiger partial charge in [0.15, 0.2) is 6.23 Å². The molecule has 0 heterocycles. The van der Waals surface area contributed by atoms with Crippen molar-refractivity contribution in [2.24, 2.45) is 0 Å². The summed E-state index contributed by atoms with van der Waals surface area (Å²) < 4.78 is 4.42. The molecule has 0 rings (SSSR count). The van der Waals surface area contributed by atoms with Crippen LogP contribution in [0.3, 0.4) is 0 Å². The van der Waals surface area contributed by atoms with Gasteiger partial charge < -0.3 is 14.9 Å². The summed E-state index contributed by atoms with van der Waals surface area (Å²) >= 11 is 0. The van der Waals surface area contributed by atoms with Crippen LogP contribution < -0.4 is 0 Å². The summed E-state index contributed by atoms with van der Waals surface area (Å²) in [6.07, 6.45) is -0.875. The van der Waals surface area contributed by atoms with Crippen molar-refractivity contribution in [3.05, 3.63) is 0 Å². The summed E-state index contributed by atoms with van der Waals surface area (Å²) in [5, 5.41) is 16.9. The van der Waals surface area contributed by atoms with Crippen molar-refractivity contribution in [1.29, 1.82) is 0 Å². The third-order valence-electron chi connectivity index (χ3n) is 1.44. The van der Waals surface area contributed by atoms with Crippen molar-refractivity contribution in [1.82, 2.24) is 4.90 Å². The van der Waals surface area contributed by atoms with Gasteiger partial charge in [0.2, 0.25) is 0 Å². The largest absolute Gasteiger partial charge is 0.480 e. The van der Waals surface area contributed by atoms with Crippen LogP contribution in [0.5, 0.6) is 0 Å². The van der Waals surface area contributed by atoms with E-state index in [0.717, 1.165) is 4.90 Å². The highest BCUT2D eigenvalue weighted by Crippen LogP contribution is 1.98. The van der Waals surface area contributed by atoms with Gasteiger partial charge in [-0.05, 0) is 6.92 Å². The summed E-state index contributed by atoms with van der Waals surface area (Å²) in [6, 6.07) is 0. The van der Waals surface area contributed by atoms with Crippen LogP contribution in [0.4, 0.5) is 0 Å². The minimum Gasteiger partial charge on any atom is -0.480 e. The standard InChI is InChI=1S/C7H11NO6/c1-5(14-4-9)8(2-6(10)11)3-7(12)13/h4-5H,2-3H2,1H3,(H,10,11)(H,12,13). The van der Waals surface area contributed by atoms with Gasteiger partial charge in [-0.1, -0.05) is 0 Å². The molecule has 0 radical (unpaired) electrons. The second-order valence-corrected chi connectivity index (χ2v) is 2.52. The lowest BCUT2D eigenvalue weighted by Crippen LogP contribution is -2.42. The summed E-state index contributed by atoms with van der Waals surface area (Å²) in [4.78, 5) is 31.6. The number of rotatable bonds is 7. The van der Waals surface area contributed by atoms with E-state index in [1.807, 2.05) is 0 Å². The van der Waals surface area contributed by atoms with Crippen LogP contribution in [0.2, 0.25) is 0 Å². The van der Waals surface area contributed by atoms with E-state index in [2.05, 4.69) is 4.74 Å². The molecule has 0 aromatic carbocycles. The Kier molecular flexibility index (Phi) is 5.23. The second kappa shape index (κ2) is 5.92. The maximum atomic E-state index is 10.3. The number of carboxylic acid groups (broad SMARTS) is 2. The zero-order valence-electron chi connectivity index (χ0n) is 7.54. The molecule has 14 heavy (non-hydrogen) atoms. The molecule has 0 fully saturated rings. The first-order chi connectivity index (χ1) is 6.47. The molecule has 0 spiro atoms. The third-order valence-corrected chi connectivity index (χ3v) is 1.44. The molecule has 0 saturated carbocycles. The van der Waals surface area contributed by atoms with Crippen LogP contribution in [0.1, 0.15) is 6.92 Å². The Morgan fingerprint density at radius 2 is 1.79 bits per heavy atom. The minimum atomic E-state index is -1.19. The highest BCUT2D eigenvalue weighted by Gasteiger charge is 2.20. The Labute approximate surface area is 79.9 Å². The average molecular weight is 205 g/mol. The van der Waals surface area contributed by atoms with E-state index < -0.39 is 31.3 Å². The smallest absolute Gasteiger partial charge is 0.317 e. The molecule has 0 bridgehead atoms. The first-order valence-electron chi connectivity index (χ1n) is 3.74. The van der Waals surface area contributed by atoms with Crippen LogP contribution in [0.25, 0.3) is 0 Å². The predicted octanol–water partition coefficient (Wildman–Crippen LogP) is -1.02. The van der Waals surface area contributed by atoms with Crippen molar-refractivity contribution in [2.75, 3.05) is 13.1 Å². The molecule has 2 N–H and O–H groups in total. The first kappa shape index (κ1) is 12.4. The fourth-order valence-electron chi connectivity index (χ4n) is 0.827. The summed E-state index contributed by atoms with van der Waals surface area (Å²) in [6.45, 7) is 0.532. The number of hydrogen-bond donors (Lipinski definition) is 2. The van der Waals surface area contributed by atoms with E-state index in [9.17, 15) is 14.4 Å². The molecule has 7 heteroatoms. The van der Waals surface area contributed by atoms with Gasteiger partial charge >= 0.3 is 11.9 Å². The molecule has 1 unspecified atom stereocenters. The van der Waals surface area contributed by atoms with E-state index >= 15 is 0 Å². The molecule has 80 valence electrons. The molecular weight excluding hydrogens is 194 g/mol. The van der Waals surface area contributed by atoms with Crippen molar-refractivity contribution < 1.29 is 29.3 Å². The van der Waals surface area contributed by atoms with Gasteiger partial charge in [-0.15, -0.1) is 0 Å². The summed E-state index contributed by atoms with van der Waals surface area (Å²) in [7, 11) is 0. The Balaban J connectivity index is 4.28. The van der Waals surface area contributed by atoms with Crippen molar-refractivity contribution in [2.45, 2.75) is 13.2 Å². The van der Waals surface area contributed by atoms with Crippen molar-refractivity contribution in [3.8, 4) is 0 Å². The van der Waals surface area contributed by atoms with E-state index in [0.29, 0.717) is 0 Å². The fourth-order valence-corrected chi connectivity index (χ4v) is 0.827. The minimum absolute atomic E-state index is 0.140. The predicted molar refractivity (Wildman–Crippen MR) is 43.5 cm³/mol. The van der Waals surface area contributed by atoms with Gasteiger partial charge in [0.1, 0.15) is 13.1 Å². The van der Waals surface area contributed by atoms with Gasteiger partial charge in [0.05, 0.1) is 0 Å². The normalized spacial score (nSPS) is 12.1. The zero-order chi connectivity index (χ0) is 11.1. The van der Waals surface area contributed by atoms with Crippen LogP contribution in [0.15, 0.2) is 0 Å². The quantitative estimate of drug-likeness (QED) is 0.404. The Morgan fingerprint density at radius 3 is 2.07 bits per heavy atom. The lowest BCUT2D eigenvalue weighted by atomic mass is 10.4. The molecule has 1 atom stereocenters. The van der Waals surface area contributed by atoms with Gasteiger partial charge in [-0.2, -0.15) is 0 Å². The number of nitrogens with zero attached hydrogens (tertiary/aromatic N) is 1. The third kappa shape index (κ3) is 5.09. The van der Waals surface area contributed by atoms with Crippen molar-refractivity contribution in [3.63, 3.8) is 0 Å². The fraction of sp³-hybridized carbons (Fsp3) is 0.571. The molecule has 0 saturated heterocycles. The molecule has 0 aliphatic heterocycles. The van der Waals surface area contributed by atoms with Crippen LogP contribution in [-0.4, -0.2) is 52.8 Å². The molecule has 0 amide bonds. The van der Waals surface area contributed by atoms with Crippen molar-refractivity contribution >= 4 is 18.4 Å². The molecule has 0 aromatic rings. The van der Waals surface area contributed by atoms with Crippen LogP contribution >= 0.6 is 0 Å². The van der Waals surface area contributed by atoms with E-state index in [4.69, 9.17) is 10.2 Å². The molecule has 0 aliphatic rings. The van der Waals surface area contributed by atoms with Crippen LogP contribution in [0, 0.1) is 0 Å². The number of ether oxygens (including phenoxy) is 1. The highest BCUT2D eigenvalue weighted by atomic mass is 16.5. The summed E-state index contributed by atoms with van der Waals surface area (Å²) in [5.74, 6) is -2.37. The number of carbonyl (C=O) groups is 3. The second-order valence-electron chi connectivity index (χ2n) is 2.52. The summed E-state index contributed by atoms with van der Waals surface area (Å²) in [5.41, 5.74) is 0. The van der Waals surface area contributed by atoms with Crippen LogP contribution in [-0.2, 0) is 19.1 Å². The average Bonchev–Trinajstić information content (AvgIpc) is 2.01. The Hall–Kier alpha value is -1.63. The SMILES string of the molecule is CC(OC=O)N(CC(=O)O)CC(=O)O. The number of carbonyl (C=O) groups excluding carboxylic acids is 1. The number of carboxylic acids is 2. The first-order valence-corrected chi connectivity index (χ1v) is 3.74. The van der Waals surface area contributed by atoms with Gasteiger partial charge in [0, 0.05) is 0 Å². The van der Waals surface area contributed by atoms with Gasteiger partial charge in [-0.25, -0.2) is 4.90 Å². The Morgan fingerprint density at radius 1 is 1.36 bits per heavy atom. The van der Waals surface area contributed by atoms with Gasteiger partial charge in [0.25, 0.3) is 6.47 Å². The molecular formula is C7H11NO6. The molecule has 0 aliphatic carbocycles. The monoisotopic (exact) mass is 205 g/mol. The topological polar surface area (TPSA) is 104 Å². The van der Waals surface area contributed by atoms with E-state index in [-0.39, 0.29) is 6.47 Å². The molecule has 7 nitrogen and oxygen atoms in total. The maximum absolute atomic E-state index is 10.3.